The zero-order chi connectivity index (χ0) is 14.8. The molecule has 1 aromatic carbocycles. The highest BCUT2D eigenvalue weighted by Crippen LogP contribution is 2.27. The van der Waals surface area contributed by atoms with Crippen LogP contribution in [0.3, 0.4) is 0 Å². The number of amides is 1. The summed E-state index contributed by atoms with van der Waals surface area (Å²) < 4.78 is 5.18. The summed E-state index contributed by atoms with van der Waals surface area (Å²) in [6.45, 7) is 3.81. The lowest BCUT2D eigenvalue weighted by atomic mass is 10.2. The van der Waals surface area contributed by atoms with Gasteiger partial charge in [0.2, 0.25) is 5.91 Å². The first-order valence-corrected chi connectivity index (χ1v) is 7.39. The third kappa shape index (κ3) is 6.26. The standard InChI is InChI=1S/C15H23ClN2O2/c1-3-4-5-9-17-10-8-15(19)18-13-11-12(16)6-7-14(13)20-2/h6-7,11,17H,3-5,8-10H2,1-2H3,(H,18,19). The van der Waals surface area contributed by atoms with Gasteiger partial charge in [0.1, 0.15) is 5.75 Å². The molecule has 0 radical (unpaired) electrons. The van der Waals surface area contributed by atoms with Crippen LogP contribution in [0.4, 0.5) is 5.69 Å². The second-order valence-electron chi connectivity index (χ2n) is 4.60. The highest BCUT2D eigenvalue weighted by molar-refractivity contribution is 6.31. The first kappa shape index (κ1) is 16.8. The van der Waals surface area contributed by atoms with Gasteiger partial charge in [-0.2, -0.15) is 0 Å². The molecule has 4 nitrogen and oxygen atoms in total. The van der Waals surface area contributed by atoms with E-state index in [4.69, 9.17) is 16.3 Å². The number of unbranched alkanes of at least 4 members (excludes halogenated alkanes) is 2. The van der Waals surface area contributed by atoms with E-state index >= 15 is 0 Å². The van der Waals surface area contributed by atoms with Crippen LogP contribution in [0.15, 0.2) is 18.2 Å². The second kappa shape index (κ2) is 9.61. The number of hydrogen-bond donors (Lipinski definition) is 2. The van der Waals surface area contributed by atoms with Crippen LogP contribution < -0.4 is 15.4 Å². The monoisotopic (exact) mass is 298 g/mol. The van der Waals surface area contributed by atoms with Gasteiger partial charge in [0.05, 0.1) is 12.8 Å². The highest BCUT2D eigenvalue weighted by atomic mass is 35.5. The number of halogens is 1. The molecule has 0 saturated carbocycles. The number of nitrogens with one attached hydrogen (secondary N) is 2. The minimum atomic E-state index is -0.0476. The van der Waals surface area contributed by atoms with Crippen molar-refractivity contribution in [3.63, 3.8) is 0 Å². The summed E-state index contributed by atoms with van der Waals surface area (Å²) in [7, 11) is 1.56. The Kier molecular flexibility index (Phi) is 8.07. The maximum Gasteiger partial charge on any atom is 0.225 e. The highest BCUT2D eigenvalue weighted by Gasteiger charge is 2.07. The molecule has 0 atom stereocenters. The molecular weight excluding hydrogens is 276 g/mol. The summed E-state index contributed by atoms with van der Waals surface area (Å²) in [6, 6.07) is 5.15. The normalized spacial score (nSPS) is 10.3. The number of rotatable bonds is 9. The molecule has 1 aromatic rings. The van der Waals surface area contributed by atoms with Gasteiger partial charge < -0.3 is 15.4 Å². The van der Waals surface area contributed by atoms with Crippen LogP contribution in [0, 0.1) is 0 Å². The Balaban J connectivity index is 2.33. The predicted molar refractivity (Wildman–Crippen MR) is 83.6 cm³/mol. The lowest BCUT2D eigenvalue weighted by Gasteiger charge is -2.10. The smallest absolute Gasteiger partial charge is 0.225 e. The molecule has 0 bridgehead atoms. The van der Waals surface area contributed by atoms with Crippen LogP contribution in [-0.2, 0) is 4.79 Å². The molecule has 1 amide bonds. The summed E-state index contributed by atoms with van der Waals surface area (Å²) in [5.41, 5.74) is 0.607. The van der Waals surface area contributed by atoms with E-state index in [1.165, 1.54) is 12.8 Å². The van der Waals surface area contributed by atoms with E-state index < -0.39 is 0 Å². The second-order valence-corrected chi connectivity index (χ2v) is 5.04. The largest absolute Gasteiger partial charge is 0.495 e. The minimum Gasteiger partial charge on any atom is -0.495 e. The van der Waals surface area contributed by atoms with E-state index in [-0.39, 0.29) is 5.91 Å². The molecule has 20 heavy (non-hydrogen) atoms. The zero-order valence-electron chi connectivity index (χ0n) is 12.2. The van der Waals surface area contributed by atoms with Crippen LogP contribution in [0.25, 0.3) is 0 Å². The van der Waals surface area contributed by atoms with Crippen LogP contribution in [0.2, 0.25) is 5.02 Å². The predicted octanol–water partition coefficient (Wildman–Crippen LogP) is 3.46. The summed E-state index contributed by atoms with van der Waals surface area (Å²) in [5.74, 6) is 0.562. The fourth-order valence-corrected chi connectivity index (χ4v) is 1.99. The SMILES string of the molecule is CCCCCNCCC(=O)Nc1cc(Cl)ccc1OC. The maximum absolute atomic E-state index is 11.8. The van der Waals surface area contributed by atoms with E-state index in [0.717, 1.165) is 13.0 Å². The Labute approximate surface area is 125 Å². The van der Waals surface area contributed by atoms with Gasteiger partial charge in [-0.3, -0.25) is 4.79 Å². The Morgan fingerprint density at radius 3 is 2.80 bits per heavy atom. The van der Waals surface area contributed by atoms with E-state index in [2.05, 4.69) is 17.6 Å². The Morgan fingerprint density at radius 2 is 2.10 bits per heavy atom. The van der Waals surface area contributed by atoms with Crippen LogP contribution >= 0.6 is 11.6 Å². The van der Waals surface area contributed by atoms with E-state index in [0.29, 0.717) is 29.4 Å². The molecule has 112 valence electrons. The number of ether oxygens (including phenoxy) is 1. The van der Waals surface area contributed by atoms with Gasteiger partial charge in [0.25, 0.3) is 0 Å². The molecule has 0 heterocycles. The van der Waals surface area contributed by atoms with E-state index in [1.54, 1.807) is 25.3 Å². The topological polar surface area (TPSA) is 50.4 Å². The van der Waals surface area contributed by atoms with Crippen molar-refractivity contribution in [1.82, 2.24) is 5.32 Å². The molecule has 0 aliphatic carbocycles. The number of methoxy groups -OCH3 is 1. The van der Waals surface area contributed by atoms with Crippen LogP contribution in [0.5, 0.6) is 5.75 Å². The van der Waals surface area contributed by atoms with Gasteiger partial charge in [0, 0.05) is 18.0 Å². The van der Waals surface area contributed by atoms with Gasteiger partial charge in [-0.15, -0.1) is 0 Å². The van der Waals surface area contributed by atoms with Crippen molar-refractivity contribution < 1.29 is 9.53 Å². The average Bonchev–Trinajstić information content (AvgIpc) is 2.43. The van der Waals surface area contributed by atoms with Crippen molar-refractivity contribution in [2.45, 2.75) is 32.6 Å². The lowest BCUT2D eigenvalue weighted by molar-refractivity contribution is -0.116. The van der Waals surface area contributed by atoms with Crippen LogP contribution in [-0.4, -0.2) is 26.1 Å². The van der Waals surface area contributed by atoms with Gasteiger partial charge in [-0.05, 0) is 31.2 Å². The summed E-state index contributed by atoms with van der Waals surface area (Å²) in [6.07, 6.45) is 4.01. The number of carbonyl (C=O) groups is 1. The molecular formula is C15H23ClN2O2. The quantitative estimate of drug-likeness (QED) is 0.687. The third-order valence-electron chi connectivity index (χ3n) is 2.92. The van der Waals surface area contributed by atoms with E-state index in [1.807, 2.05) is 0 Å². The molecule has 0 unspecified atom stereocenters. The Bertz CT molecular complexity index is 424. The summed E-state index contributed by atoms with van der Waals surface area (Å²) >= 11 is 5.91. The fourth-order valence-electron chi connectivity index (χ4n) is 1.82. The molecule has 0 fully saturated rings. The van der Waals surface area contributed by atoms with Crippen molar-refractivity contribution in [2.75, 3.05) is 25.5 Å². The van der Waals surface area contributed by atoms with Crippen molar-refractivity contribution in [3.05, 3.63) is 23.2 Å². The number of carbonyl (C=O) groups excluding carboxylic acids is 1. The van der Waals surface area contributed by atoms with E-state index in [9.17, 15) is 4.79 Å². The van der Waals surface area contributed by atoms with Crippen molar-refractivity contribution in [2.24, 2.45) is 0 Å². The van der Waals surface area contributed by atoms with Crippen molar-refractivity contribution in [3.8, 4) is 5.75 Å². The molecule has 0 aliphatic heterocycles. The number of hydrogen-bond acceptors (Lipinski definition) is 3. The summed E-state index contributed by atoms with van der Waals surface area (Å²) in [4.78, 5) is 11.8. The molecule has 0 spiro atoms. The first-order chi connectivity index (χ1) is 9.67. The molecule has 0 aromatic heterocycles. The lowest BCUT2D eigenvalue weighted by Crippen LogP contribution is -2.22. The number of anilines is 1. The van der Waals surface area contributed by atoms with Crippen molar-refractivity contribution in [1.29, 1.82) is 0 Å². The molecule has 2 N–H and O–H groups in total. The van der Waals surface area contributed by atoms with Crippen molar-refractivity contribution >= 4 is 23.2 Å². The fraction of sp³-hybridized carbons (Fsp3) is 0.533. The Hall–Kier alpha value is -1.26. The van der Waals surface area contributed by atoms with Gasteiger partial charge in [-0.1, -0.05) is 31.4 Å². The average molecular weight is 299 g/mol. The van der Waals surface area contributed by atoms with Gasteiger partial charge in [-0.25, -0.2) is 0 Å². The maximum atomic E-state index is 11.8. The van der Waals surface area contributed by atoms with Gasteiger partial charge in [0.15, 0.2) is 0 Å². The zero-order valence-corrected chi connectivity index (χ0v) is 12.9. The minimum absolute atomic E-state index is 0.0476. The molecule has 5 heteroatoms. The molecule has 1 rings (SSSR count). The Morgan fingerprint density at radius 1 is 1.30 bits per heavy atom. The van der Waals surface area contributed by atoms with Crippen LogP contribution in [0.1, 0.15) is 32.6 Å². The number of benzene rings is 1. The first-order valence-electron chi connectivity index (χ1n) is 7.01. The van der Waals surface area contributed by atoms with Gasteiger partial charge >= 0.3 is 0 Å². The molecule has 0 aliphatic rings. The summed E-state index contributed by atoms with van der Waals surface area (Å²) in [5, 5.41) is 6.64. The molecule has 0 saturated heterocycles. The third-order valence-corrected chi connectivity index (χ3v) is 3.16.